The summed E-state index contributed by atoms with van der Waals surface area (Å²) in [5, 5.41) is 7.01. The molecule has 18 heavy (non-hydrogen) atoms. The van der Waals surface area contributed by atoms with Gasteiger partial charge in [-0.2, -0.15) is 0 Å². The van der Waals surface area contributed by atoms with Gasteiger partial charge in [0.1, 0.15) is 0 Å². The van der Waals surface area contributed by atoms with Gasteiger partial charge in [-0.05, 0) is 24.2 Å². The summed E-state index contributed by atoms with van der Waals surface area (Å²) in [6, 6.07) is 0. The van der Waals surface area contributed by atoms with Gasteiger partial charge < -0.3 is 15.4 Å². The van der Waals surface area contributed by atoms with Crippen molar-refractivity contribution in [3.8, 4) is 0 Å². The second-order valence-electron chi connectivity index (χ2n) is 6.65. The van der Waals surface area contributed by atoms with E-state index in [1.54, 1.807) is 0 Å². The zero-order valence-corrected chi connectivity index (χ0v) is 12.1. The van der Waals surface area contributed by atoms with E-state index < -0.39 is 0 Å². The van der Waals surface area contributed by atoms with Gasteiger partial charge in [0.05, 0.1) is 12.7 Å². The molecule has 1 aliphatic carbocycles. The summed E-state index contributed by atoms with van der Waals surface area (Å²) in [5.41, 5.74) is 0.433. The second kappa shape index (κ2) is 6.88. The number of hydrogen-bond acceptors (Lipinski definition) is 3. The predicted molar refractivity (Wildman–Crippen MR) is 75.8 cm³/mol. The minimum absolute atomic E-state index is 0.362. The zero-order chi connectivity index (χ0) is 12.8. The van der Waals surface area contributed by atoms with Crippen molar-refractivity contribution < 1.29 is 4.74 Å². The van der Waals surface area contributed by atoms with Crippen molar-refractivity contribution in [3.05, 3.63) is 0 Å². The first-order chi connectivity index (χ1) is 8.68. The lowest BCUT2D eigenvalue weighted by atomic mass is 9.71. The third-order valence-corrected chi connectivity index (χ3v) is 4.67. The van der Waals surface area contributed by atoms with Gasteiger partial charge in [-0.3, -0.25) is 0 Å². The van der Waals surface area contributed by atoms with Crippen molar-refractivity contribution in [3.63, 3.8) is 0 Å². The molecule has 2 aliphatic rings. The number of morpholine rings is 1. The van der Waals surface area contributed by atoms with Crippen LogP contribution in [0.1, 0.15) is 46.0 Å². The molecule has 0 radical (unpaired) electrons. The van der Waals surface area contributed by atoms with Crippen LogP contribution in [0.4, 0.5) is 0 Å². The van der Waals surface area contributed by atoms with E-state index in [0.29, 0.717) is 11.5 Å². The fourth-order valence-corrected chi connectivity index (χ4v) is 3.33. The molecular weight excluding hydrogens is 224 g/mol. The maximum absolute atomic E-state index is 5.71. The maximum atomic E-state index is 5.71. The van der Waals surface area contributed by atoms with Gasteiger partial charge in [0.2, 0.25) is 0 Å². The van der Waals surface area contributed by atoms with Crippen molar-refractivity contribution >= 4 is 0 Å². The Morgan fingerprint density at radius 3 is 2.67 bits per heavy atom. The van der Waals surface area contributed by atoms with E-state index >= 15 is 0 Å². The van der Waals surface area contributed by atoms with Gasteiger partial charge >= 0.3 is 0 Å². The molecule has 106 valence electrons. The SMILES string of the molecule is CC(C)(CNCC1CNCCO1)C1CCCCC1. The Balaban J connectivity index is 1.67. The van der Waals surface area contributed by atoms with Crippen LogP contribution in [-0.2, 0) is 4.74 Å². The molecule has 0 aromatic heterocycles. The third-order valence-electron chi connectivity index (χ3n) is 4.67. The van der Waals surface area contributed by atoms with Crippen LogP contribution in [0.3, 0.4) is 0 Å². The highest BCUT2D eigenvalue weighted by Gasteiger charge is 2.30. The van der Waals surface area contributed by atoms with Crippen LogP contribution < -0.4 is 10.6 Å². The van der Waals surface area contributed by atoms with E-state index in [1.165, 1.54) is 32.1 Å². The molecule has 3 nitrogen and oxygen atoms in total. The van der Waals surface area contributed by atoms with Gasteiger partial charge in [-0.25, -0.2) is 0 Å². The Morgan fingerprint density at radius 1 is 1.22 bits per heavy atom. The average molecular weight is 254 g/mol. The summed E-state index contributed by atoms with van der Waals surface area (Å²) in [4.78, 5) is 0. The molecule has 0 amide bonds. The van der Waals surface area contributed by atoms with Gasteiger partial charge in [0.15, 0.2) is 0 Å². The number of ether oxygens (including phenoxy) is 1. The Bertz CT molecular complexity index is 231. The molecular formula is C15H30N2O. The van der Waals surface area contributed by atoms with Gasteiger partial charge in [0, 0.05) is 26.2 Å². The van der Waals surface area contributed by atoms with Crippen LogP contribution in [-0.4, -0.2) is 38.9 Å². The monoisotopic (exact) mass is 254 g/mol. The predicted octanol–water partition coefficient (Wildman–Crippen LogP) is 2.17. The second-order valence-corrected chi connectivity index (χ2v) is 6.65. The Kier molecular flexibility index (Phi) is 5.46. The topological polar surface area (TPSA) is 33.3 Å². The Labute approximate surface area is 112 Å². The minimum Gasteiger partial charge on any atom is -0.374 e. The summed E-state index contributed by atoms with van der Waals surface area (Å²) < 4.78 is 5.71. The van der Waals surface area contributed by atoms with E-state index in [1.807, 2.05) is 0 Å². The normalized spacial score (nSPS) is 27.3. The van der Waals surface area contributed by atoms with E-state index in [0.717, 1.165) is 38.7 Å². The smallest absolute Gasteiger partial charge is 0.0824 e. The number of nitrogens with one attached hydrogen (secondary N) is 2. The summed E-state index contributed by atoms with van der Waals surface area (Å²) in [6.45, 7) is 9.83. The van der Waals surface area contributed by atoms with Crippen LogP contribution in [0.15, 0.2) is 0 Å². The van der Waals surface area contributed by atoms with Crippen molar-refractivity contribution in [2.45, 2.75) is 52.1 Å². The molecule has 2 fully saturated rings. The number of hydrogen-bond donors (Lipinski definition) is 2. The zero-order valence-electron chi connectivity index (χ0n) is 12.1. The molecule has 1 atom stereocenters. The standard InChI is InChI=1S/C15H30N2O/c1-15(2,13-6-4-3-5-7-13)12-17-11-14-10-16-8-9-18-14/h13-14,16-17H,3-12H2,1-2H3. The highest BCUT2D eigenvalue weighted by atomic mass is 16.5. The summed E-state index contributed by atoms with van der Waals surface area (Å²) in [7, 11) is 0. The molecule has 1 aliphatic heterocycles. The highest BCUT2D eigenvalue weighted by molar-refractivity contribution is 4.83. The molecule has 0 spiro atoms. The van der Waals surface area contributed by atoms with Gasteiger partial charge in [-0.15, -0.1) is 0 Å². The molecule has 2 rings (SSSR count). The maximum Gasteiger partial charge on any atom is 0.0824 e. The molecule has 3 heteroatoms. The van der Waals surface area contributed by atoms with Gasteiger partial charge in [0.25, 0.3) is 0 Å². The molecule has 0 bridgehead atoms. The molecule has 1 saturated carbocycles. The van der Waals surface area contributed by atoms with Crippen molar-refractivity contribution in [2.24, 2.45) is 11.3 Å². The molecule has 1 heterocycles. The molecule has 0 aromatic rings. The van der Waals surface area contributed by atoms with Crippen LogP contribution in [0, 0.1) is 11.3 Å². The van der Waals surface area contributed by atoms with Crippen molar-refractivity contribution in [2.75, 3.05) is 32.8 Å². The fourth-order valence-electron chi connectivity index (χ4n) is 3.33. The van der Waals surface area contributed by atoms with E-state index in [-0.39, 0.29) is 0 Å². The lowest BCUT2D eigenvalue weighted by Crippen LogP contribution is -2.46. The van der Waals surface area contributed by atoms with E-state index in [2.05, 4.69) is 24.5 Å². The highest BCUT2D eigenvalue weighted by Crippen LogP contribution is 2.37. The first-order valence-electron chi connectivity index (χ1n) is 7.71. The first-order valence-corrected chi connectivity index (χ1v) is 7.71. The Hall–Kier alpha value is -0.120. The first kappa shape index (κ1) is 14.3. The van der Waals surface area contributed by atoms with Crippen LogP contribution >= 0.6 is 0 Å². The van der Waals surface area contributed by atoms with Crippen LogP contribution in [0.25, 0.3) is 0 Å². The lowest BCUT2D eigenvalue weighted by molar-refractivity contribution is 0.0263. The van der Waals surface area contributed by atoms with Crippen molar-refractivity contribution in [1.82, 2.24) is 10.6 Å². The molecule has 1 unspecified atom stereocenters. The lowest BCUT2D eigenvalue weighted by Gasteiger charge is -2.37. The number of rotatable bonds is 5. The summed E-state index contributed by atoms with van der Waals surface area (Å²) >= 11 is 0. The average Bonchev–Trinajstić information content (AvgIpc) is 2.41. The summed E-state index contributed by atoms with van der Waals surface area (Å²) in [6.07, 6.45) is 7.53. The van der Waals surface area contributed by atoms with E-state index in [4.69, 9.17) is 4.74 Å². The summed E-state index contributed by atoms with van der Waals surface area (Å²) in [5.74, 6) is 0.907. The third kappa shape index (κ3) is 4.22. The van der Waals surface area contributed by atoms with Crippen LogP contribution in [0.5, 0.6) is 0 Å². The fraction of sp³-hybridized carbons (Fsp3) is 1.00. The molecule has 1 saturated heterocycles. The molecule has 2 N–H and O–H groups in total. The molecule has 0 aromatic carbocycles. The van der Waals surface area contributed by atoms with Gasteiger partial charge in [-0.1, -0.05) is 33.1 Å². The Morgan fingerprint density at radius 2 is 2.00 bits per heavy atom. The quantitative estimate of drug-likeness (QED) is 0.789. The largest absolute Gasteiger partial charge is 0.374 e. The van der Waals surface area contributed by atoms with Crippen LogP contribution in [0.2, 0.25) is 0 Å². The van der Waals surface area contributed by atoms with E-state index in [9.17, 15) is 0 Å². The minimum atomic E-state index is 0.362. The van der Waals surface area contributed by atoms with Crippen molar-refractivity contribution in [1.29, 1.82) is 0 Å².